The minimum absolute atomic E-state index is 0.223. The maximum atomic E-state index is 12.7. The number of carbonyl (C=O) groups excluding carboxylic acids is 1. The number of pyridine rings is 1. The smallest absolute Gasteiger partial charge is 0.291 e. The number of benzene rings is 1. The molecule has 7 heteroatoms. The summed E-state index contributed by atoms with van der Waals surface area (Å²) in [6.07, 6.45) is 4.15. The number of amides is 1. The lowest BCUT2D eigenvalue weighted by atomic mass is 9.99. The number of furan rings is 1. The summed E-state index contributed by atoms with van der Waals surface area (Å²) in [5.74, 6) is 1.55. The van der Waals surface area contributed by atoms with Crippen molar-refractivity contribution in [1.29, 1.82) is 0 Å². The Morgan fingerprint density at radius 3 is 2.66 bits per heavy atom. The summed E-state index contributed by atoms with van der Waals surface area (Å²) in [5, 5.41) is 7.38. The largest absolute Gasteiger partial charge is 0.497 e. The van der Waals surface area contributed by atoms with Crippen LogP contribution in [-0.4, -0.2) is 18.0 Å². The first-order valence-electron chi connectivity index (χ1n) is 10.4. The molecule has 1 amide bonds. The van der Waals surface area contributed by atoms with E-state index in [0.29, 0.717) is 0 Å². The Hall–Kier alpha value is -3.58. The van der Waals surface area contributed by atoms with Crippen molar-refractivity contribution in [3.63, 3.8) is 0 Å². The van der Waals surface area contributed by atoms with Gasteiger partial charge in [-0.3, -0.25) is 4.79 Å². The van der Waals surface area contributed by atoms with Gasteiger partial charge in [0.25, 0.3) is 5.91 Å². The Morgan fingerprint density at radius 1 is 1.19 bits per heavy atom. The molecule has 2 N–H and O–H groups in total. The summed E-state index contributed by atoms with van der Waals surface area (Å²) >= 11 is 1.57. The molecule has 0 spiro atoms. The van der Waals surface area contributed by atoms with Crippen molar-refractivity contribution >= 4 is 28.1 Å². The van der Waals surface area contributed by atoms with Crippen LogP contribution in [0.4, 0.5) is 10.8 Å². The number of anilines is 2. The first-order valence-corrected chi connectivity index (χ1v) is 11.2. The maximum absolute atomic E-state index is 12.7. The average Bonchev–Trinajstić information content (AvgIpc) is 3.48. The molecule has 32 heavy (non-hydrogen) atoms. The third-order valence-electron chi connectivity index (χ3n) is 5.10. The molecule has 0 radical (unpaired) electrons. The second kappa shape index (κ2) is 9.70. The van der Waals surface area contributed by atoms with E-state index in [9.17, 15) is 4.79 Å². The molecular weight excluding hydrogens is 422 g/mol. The Bertz CT molecular complexity index is 1180. The average molecular weight is 448 g/mol. The number of nitrogens with zero attached hydrogens (tertiary/aromatic N) is 1. The fourth-order valence-corrected chi connectivity index (χ4v) is 4.45. The molecule has 6 nitrogen and oxygen atoms in total. The highest BCUT2D eigenvalue weighted by molar-refractivity contribution is 7.16. The SMILES string of the molecule is CCc1cc([C@@H](Nc2cc(C)ccn2)c2ccc(OC)cc2)c(NC(=O)c2ccco2)s1. The Balaban J connectivity index is 1.75. The van der Waals surface area contributed by atoms with E-state index in [4.69, 9.17) is 9.15 Å². The van der Waals surface area contributed by atoms with E-state index in [1.165, 1.54) is 11.1 Å². The van der Waals surface area contributed by atoms with Crippen molar-refractivity contribution in [2.24, 2.45) is 0 Å². The van der Waals surface area contributed by atoms with Crippen molar-refractivity contribution < 1.29 is 13.9 Å². The molecule has 0 aliphatic carbocycles. The predicted molar refractivity (Wildman–Crippen MR) is 128 cm³/mol. The van der Waals surface area contributed by atoms with E-state index < -0.39 is 0 Å². The van der Waals surface area contributed by atoms with Gasteiger partial charge < -0.3 is 19.8 Å². The van der Waals surface area contributed by atoms with Crippen molar-refractivity contribution in [2.45, 2.75) is 26.3 Å². The molecule has 4 rings (SSSR count). The third kappa shape index (κ3) is 4.84. The number of methoxy groups -OCH3 is 1. The van der Waals surface area contributed by atoms with Gasteiger partial charge in [-0.25, -0.2) is 4.98 Å². The van der Waals surface area contributed by atoms with E-state index >= 15 is 0 Å². The molecule has 1 aromatic carbocycles. The minimum Gasteiger partial charge on any atom is -0.497 e. The number of ether oxygens (including phenoxy) is 1. The standard InChI is InChI=1S/C25H25N3O3S/c1-4-19-15-20(25(32-19)28-24(29)21-6-5-13-31-21)23(17-7-9-18(30-3)10-8-17)27-22-14-16(2)11-12-26-22/h5-15,23H,4H2,1-3H3,(H,26,27)(H,28,29)/t23-/m0/s1. The second-order valence-electron chi connectivity index (χ2n) is 7.35. The molecule has 164 valence electrons. The normalized spacial score (nSPS) is 11.7. The molecule has 0 saturated carbocycles. The van der Waals surface area contributed by atoms with Gasteiger partial charge >= 0.3 is 0 Å². The second-order valence-corrected chi connectivity index (χ2v) is 8.49. The van der Waals surface area contributed by atoms with Gasteiger partial charge in [-0.2, -0.15) is 0 Å². The van der Waals surface area contributed by atoms with Crippen LogP contribution in [0.2, 0.25) is 0 Å². The van der Waals surface area contributed by atoms with Crippen LogP contribution in [0.15, 0.2) is 71.5 Å². The van der Waals surface area contributed by atoms with Crippen LogP contribution in [0.3, 0.4) is 0 Å². The van der Waals surface area contributed by atoms with Gasteiger partial charge in [-0.1, -0.05) is 19.1 Å². The summed E-state index contributed by atoms with van der Waals surface area (Å²) in [6, 6.07) is 17.1. The zero-order chi connectivity index (χ0) is 22.5. The van der Waals surface area contributed by atoms with E-state index in [1.807, 2.05) is 43.3 Å². The van der Waals surface area contributed by atoms with Gasteiger partial charge in [-0.05, 0) is 66.9 Å². The number of carbonyl (C=O) groups is 1. The molecule has 4 aromatic rings. The number of hydrogen-bond donors (Lipinski definition) is 2. The summed E-state index contributed by atoms with van der Waals surface area (Å²) in [7, 11) is 1.65. The van der Waals surface area contributed by atoms with E-state index in [1.54, 1.807) is 36.8 Å². The lowest BCUT2D eigenvalue weighted by Crippen LogP contribution is -2.17. The molecule has 0 bridgehead atoms. The molecule has 3 aromatic heterocycles. The van der Waals surface area contributed by atoms with Crippen molar-refractivity contribution in [3.8, 4) is 5.75 Å². The van der Waals surface area contributed by atoms with Crippen LogP contribution in [-0.2, 0) is 6.42 Å². The number of hydrogen-bond acceptors (Lipinski definition) is 6. The highest BCUT2D eigenvalue weighted by atomic mass is 32.1. The molecule has 1 atom stereocenters. The topological polar surface area (TPSA) is 76.4 Å². The van der Waals surface area contributed by atoms with Crippen LogP contribution in [0, 0.1) is 6.92 Å². The van der Waals surface area contributed by atoms with Crippen molar-refractivity contribution in [3.05, 3.63) is 94.4 Å². The van der Waals surface area contributed by atoms with E-state index in [-0.39, 0.29) is 17.7 Å². The summed E-state index contributed by atoms with van der Waals surface area (Å²) in [6.45, 7) is 4.13. The third-order valence-corrected chi connectivity index (χ3v) is 6.31. The maximum Gasteiger partial charge on any atom is 0.291 e. The Labute approximate surface area is 191 Å². The molecule has 0 saturated heterocycles. The fraction of sp³-hybridized carbons (Fsp3) is 0.200. The van der Waals surface area contributed by atoms with Gasteiger partial charge in [-0.15, -0.1) is 11.3 Å². The van der Waals surface area contributed by atoms with Gasteiger partial charge in [0.15, 0.2) is 5.76 Å². The quantitative estimate of drug-likeness (QED) is 0.343. The number of nitrogens with one attached hydrogen (secondary N) is 2. The zero-order valence-corrected chi connectivity index (χ0v) is 19.0. The summed E-state index contributed by atoms with van der Waals surface area (Å²) < 4.78 is 10.6. The van der Waals surface area contributed by atoms with Gasteiger partial charge in [0, 0.05) is 16.6 Å². The number of rotatable bonds is 8. The van der Waals surface area contributed by atoms with Crippen LogP contribution < -0.4 is 15.4 Å². The zero-order valence-electron chi connectivity index (χ0n) is 18.2. The lowest BCUT2D eigenvalue weighted by molar-refractivity contribution is 0.0997. The van der Waals surface area contributed by atoms with Crippen LogP contribution in [0.5, 0.6) is 5.75 Å². The first-order chi connectivity index (χ1) is 15.6. The monoisotopic (exact) mass is 447 g/mol. The highest BCUT2D eigenvalue weighted by Crippen LogP contribution is 2.38. The van der Waals surface area contributed by atoms with Gasteiger partial charge in [0.05, 0.1) is 19.4 Å². The van der Waals surface area contributed by atoms with Crippen LogP contribution in [0.1, 0.15) is 45.1 Å². The summed E-state index contributed by atoms with van der Waals surface area (Å²) in [4.78, 5) is 18.4. The lowest BCUT2D eigenvalue weighted by Gasteiger charge is -2.21. The highest BCUT2D eigenvalue weighted by Gasteiger charge is 2.23. The van der Waals surface area contributed by atoms with E-state index in [2.05, 4.69) is 28.6 Å². The Morgan fingerprint density at radius 2 is 2.00 bits per heavy atom. The van der Waals surface area contributed by atoms with Gasteiger partial charge in [0.2, 0.25) is 0 Å². The molecule has 3 heterocycles. The molecule has 0 unspecified atom stereocenters. The fourth-order valence-electron chi connectivity index (χ4n) is 3.42. The molecule has 0 aliphatic heterocycles. The van der Waals surface area contributed by atoms with Crippen LogP contribution >= 0.6 is 11.3 Å². The number of aromatic nitrogens is 1. The predicted octanol–water partition coefficient (Wildman–Crippen LogP) is 6.07. The molecule has 0 fully saturated rings. The number of aryl methyl sites for hydroxylation is 2. The molecular formula is C25H25N3O3S. The van der Waals surface area contributed by atoms with E-state index in [0.717, 1.165) is 39.7 Å². The summed E-state index contributed by atoms with van der Waals surface area (Å²) in [5.41, 5.74) is 3.12. The minimum atomic E-state index is -0.275. The van der Waals surface area contributed by atoms with Crippen LogP contribution in [0.25, 0.3) is 0 Å². The molecule has 0 aliphatic rings. The van der Waals surface area contributed by atoms with Gasteiger partial charge in [0.1, 0.15) is 16.6 Å². The van der Waals surface area contributed by atoms with Crippen molar-refractivity contribution in [2.75, 3.05) is 17.7 Å². The van der Waals surface area contributed by atoms with Crippen molar-refractivity contribution in [1.82, 2.24) is 4.98 Å². The first kappa shape index (κ1) is 21.6. The Kier molecular flexibility index (Phi) is 6.56. The number of thiophene rings is 1.